The molecular formula is C7H13N5. The maximum absolute atomic E-state index is 5.72. The fraction of sp³-hybridized carbons (Fsp3) is 0.429. The topological polar surface area (TPSA) is 75.9 Å². The molecule has 12 heavy (non-hydrogen) atoms. The molecule has 0 amide bonds. The molecule has 66 valence electrons. The molecule has 5 heteroatoms. The lowest BCUT2D eigenvalue weighted by atomic mass is 10.4. The second-order valence-corrected chi connectivity index (χ2v) is 2.38. The van der Waals surface area contributed by atoms with E-state index in [1.54, 1.807) is 14.1 Å². The summed E-state index contributed by atoms with van der Waals surface area (Å²) in [7, 11) is 3.55. The minimum atomic E-state index is 0.547. The molecule has 4 N–H and O–H groups in total. The molecule has 1 aromatic rings. The van der Waals surface area contributed by atoms with E-state index in [1.807, 2.05) is 6.92 Å². The van der Waals surface area contributed by atoms with Crippen LogP contribution in [0.25, 0.3) is 0 Å². The fourth-order valence-electron chi connectivity index (χ4n) is 0.962. The van der Waals surface area contributed by atoms with E-state index < -0.39 is 0 Å². The molecule has 1 heterocycles. The van der Waals surface area contributed by atoms with Gasteiger partial charge in [0.05, 0.1) is 0 Å². The average Bonchev–Trinajstić information content (AvgIpc) is 2.08. The van der Waals surface area contributed by atoms with Gasteiger partial charge < -0.3 is 16.4 Å². The average molecular weight is 167 g/mol. The summed E-state index contributed by atoms with van der Waals surface area (Å²) in [6, 6.07) is 0. The van der Waals surface area contributed by atoms with Crippen molar-refractivity contribution in [2.75, 3.05) is 30.5 Å². The van der Waals surface area contributed by atoms with E-state index in [4.69, 9.17) is 5.73 Å². The van der Waals surface area contributed by atoms with Gasteiger partial charge in [0.15, 0.2) is 11.6 Å². The highest BCUT2D eigenvalue weighted by atomic mass is 15.1. The normalized spacial score (nSPS) is 9.58. The van der Waals surface area contributed by atoms with Gasteiger partial charge >= 0.3 is 0 Å². The van der Waals surface area contributed by atoms with Gasteiger partial charge in [0.1, 0.15) is 11.5 Å². The van der Waals surface area contributed by atoms with Crippen LogP contribution in [-0.2, 0) is 0 Å². The van der Waals surface area contributed by atoms with Gasteiger partial charge in [-0.3, -0.25) is 0 Å². The zero-order valence-corrected chi connectivity index (χ0v) is 7.47. The maximum atomic E-state index is 5.72. The van der Waals surface area contributed by atoms with Gasteiger partial charge in [-0.2, -0.15) is 0 Å². The number of aromatic nitrogens is 2. The first-order valence-electron chi connectivity index (χ1n) is 3.68. The fourth-order valence-corrected chi connectivity index (χ4v) is 0.962. The molecule has 0 unspecified atom stereocenters. The van der Waals surface area contributed by atoms with Crippen LogP contribution in [0.3, 0.4) is 0 Å². The minimum absolute atomic E-state index is 0.547. The number of anilines is 3. The molecule has 0 saturated carbocycles. The first-order chi connectivity index (χ1) is 5.69. The molecule has 0 aliphatic carbocycles. The SMILES string of the molecule is CNc1nc(C)nc(NC)c1N. The number of nitrogens with one attached hydrogen (secondary N) is 2. The summed E-state index contributed by atoms with van der Waals surface area (Å²) in [6.07, 6.45) is 0. The van der Waals surface area contributed by atoms with Crippen LogP contribution in [0.1, 0.15) is 5.82 Å². The van der Waals surface area contributed by atoms with Crippen molar-refractivity contribution in [2.45, 2.75) is 6.92 Å². The molecule has 0 fully saturated rings. The lowest BCUT2D eigenvalue weighted by Gasteiger charge is -2.08. The molecule has 0 aliphatic rings. The van der Waals surface area contributed by atoms with Crippen molar-refractivity contribution in [3.8, 4) is 0 Å². The van der Waals surface area contributed by atoms with Gasteiger partial charge in [0.2, 0.25) is 0 Å². The largest absolute Gasteiger partial charge is 0.393 e. The first kappa shape index (κ1) is 8.58. The molecule has 1 rings (SSSR count). The zero-order chi connectivity index (χ0) is 9.14. The van der Waals surface area contributed by atoms with Crippen molar-refractivity contribution >= 4 is 17.3 Å². The number of nitrogens with zero attached hydrogens (tertiary/aromatic N) is 2. The lowest BCUT2D eigenvalue weighted by Crippen LogP contribution is -2.06. The van der Waals surface area contributed by atoms with Gasteiger partial charge in [-0.15, -0.1) is 0 Å². The third kappa shape index (κ3) is 1.39. The van der Waals surface area contributed by atoms with Crippen molar-refractivity contribution < 1.29 is 0 Å². The zero-order valence-electron chi connectivity index (χ0n) is 7.47. The molecule has 0 aromatic carbocycles. The van der Waals surface area contributed by atoms with E-state index in [1.165, 1.54) is 0 Å². The van der Waals surface area contributed by atoms with Crippen LogP contribution in [0, 0.1) is 6.92 Å². The number of rotatable bonds is 2. The highest BCUT2D eigenvalue weighted by Crippen LogP contribution is 2.22. The Morgan fingerprint density at radius 3 is 1.83 bits per heavy atom. The summed E-state index contributed by atoms with van der Waals surface area (Å²) < 4.78 is 0. The van der Waals surface area contributed by atoms with Gasteiger partial charge in [-0.05, 0) is 6.92 Å². The highest BCUT2D eigenvalue weighted by Gasteiger charge is 2.06. The number of hydrogen-bond donors (Lipinski definition) is 3. The first-order valence-corrected chi connectivity index (χ1v) is 3.68. The third-order valence-corrected chi connectivity index (χ3v) is 1.53. The highest BCUT2D eigenvalue weighted by molar-refractivity contribution is 5.73. The molecule has 1 aromatic heterocycles. The molecule has 0 atom stereocenters. The predicted molar refractivity (Wildman–Crippen MR) is 50.3 cm³/mol. The van der Waals surface area contributed by atoms with Crippen LogP contribution < -0.4 is 16.4 Å². The van der Waals surface area contributed by atoms with E-state index in [-0.39, 0.29) is 0 Å². The molecular weight excluding hydrogens is 154 g/mol. The Hall–Kier alpha value is -1.52. The lowest BCUT2D eigenvalue weighted by molar-refractivity contribution is 1.06. The van der Waals surface area contributed by atoms with Crippen molar-refractivity contribution in [2.24, 2.45) is 0 Å². The summed E-state index contributed by atoms with van der Waals surface area (Å²) in [5.74, 6) is 2.01. The molecule has 0 bridgehead atoms. The van der Waals surface area contributed by atoms with Crippen molar-refractivity contribution in [3.63, 3.8) is 0 Å². The quantitative estimate of drug-likeness (QED) is 0.596. The number of hydrogen-bond acceptors (Lipinski definition) is 5. The number of aryl methyl sites for hydroxylation is 1. The Balaban J connectivity index is 3.22. The van der Waals surface area contributed by atoms with Crippen molar-refractivity contribution in [3.05, 3.63) is 5.82 Å². The molecule has 5 nitrogen and oxygen atoms in total. The van der Waals surface area contributed by atoms with Crippen LogP contribution >= 0.6 is 0 Å². The van der Waals surface area contributed by atoms with E-state index in [9.17, 15) is 0 Å². The Morgan fingerprint density at radius 1 is 1.08 bits per heavy atom. The predicted octanol–water partition coefficient (Wildman–Crippen LogP) is 0.451. The van der Waals surface area contributed by atoms with Crippen LogP contribution in [0.4, 0.5) is 17.3 Å². The van der Waals surface area contributed by atoms with Gasteiger partial charge in [-0.1, -0.05) is 0 Å². The number of nitrogen functional groups attached to an aromatic ring is 1. The van der Waals surface area contributed by atoms with Crippen LogP contribution in [0.2, 0.25) is 0 Å². The standard InChI is InChI=1S/C7H13N5/c1-4-11-6(9-2)5(8)7(10-3)12-4/h8H2,1-3H3,(H2,9,10,11,12). The summed E-state index contributed by atoms with van der Waals surface area (Å²) in [4.78, 5) is 8.23. The molecule has 0 spiro atoms. The second-order valence-electron chi connectivity index (χ2n) is 2.38. The minimum Gasteiger partial charge on any atom is -0.393 e. The van der Waals surface area contributed by atoms with E-state index in [2.05, 4.69) is 20.6 Å². The summed E-state index contributed by atoms with van der Waals surface area (Å²) in [5, 5.41) is 5.79. The van der Waals surface area contributed by atoms with E-state index in [0.717, 1.165) is 0 Å². The second kappa shape index (κ2) is 3.25. The van der Waals surface area contributed by atoms with E-state index >= 15 is 0 Å². The molecule has 0 saturated heterocycles. The van der Waals surface area contributed by atoms with Crippen molar-refractivity contribution in [1.29, 1.82) is 0 Å². The summed E-state index contributed by atoms with van der Waals surface area (Å²) >= 11 is 0. The van der Waals surface area contributed by atoms with Crippen LogP contribution in [0.5, 0.6) is 0 Å². The van der Waals surface area contributed by atoms with Gasteiger partial charge in [0.25, 0.3) is 0 Å². The molecule has 0 aliphatic heterocycles. The van der Waals surface area contributed by atoms with Crippen LogP contribution in [0.15, 0.2) is 0 Å². The Bertz CT molecular complexity index is 258. The summed E-state index contributed by atoms with van der Waals surface area (Å²) in [6.45, 7) is 1.82. The summed E-state index contributed by atoms with van der Waals surface area (Å²) in [5.41, 5.74) is 6.27. The number of nitrogens with two attached hydrogens (primary N) is 1. The third-order valence-electron chi connectivity index (χ3n) is 1.53. The maximum Gasteiger partial charge on any atom is 0.154 e. The smallest absolute Gasteiger partial charge is 0.154 e. The Morgan fingerprint density at radius 2 is 1.50 bits per heavy atom. The van der Waals surface area contributed by atoms with E-state index in [0.29, 0.717) is 23.1 Å². The monoisotopic (exact) mass is 167 g/mol. The van der Waals surface area contributed by atoms with Crippen LogP contribution in [-0.4, -0.2) is 24.1 Å². The Labute approximate surface area is 71.4 Å². The van der Waals surface area contributed by atoms with Gasteiger partial charge in [0, 0.05) is 14.1 Å². The van der Waals surface area contributed by atoms with Gasteiger partial charge in [-0.25, -0.2) is 9.97 Å². The Kier molecular flexibility index (Phi) is 2.32. The molecule has 0 radical (unpaired) electrons. The van der Waals surface area contributed by atoms with Crippen molar-refractivity contribution in [1.82, 2.24) is 9.97 Å².